The van der Waals surface area contributed by atoms with Gasteiger partial charge in [0.25, 0.3) is 0 Å². The van der Waals surface area contributed by atoms with Crippen LogP contribution < -0.4 is 5.32 Å². The van der Waals surface area contributed by atoms with Crippen molar-refractivity contribution in [3.63, 3.8) is 0 Å². The third-order valence-corrected chi connectivity index (χ3v) is 4.66. The summed E-state index contributed by atoms with van der Waals surface area (Å²) in [4.78, 5) is 26.0. The Bertz CT molecular complexity index is 562. The zero-order valence-corrected chi connectivity index (χ0v) is 14.5. The van der Waals surface area contributed by atoms with Crippen LogP contribution in [0.5, 0.6) is 0 Å². The fourth-order valence-corrected chi connectivity index (χ4v) is 2.86. The number of ether oxygens (including phenoxy) is 1. The fourth-order valence-electron chi connectivity index (χ4n) is 2.48. The Morgan fingerprint density at radius 3 is 2.95 bits per heavy atom. The predicted octanol–water partition coefficient (Wildman–Crippen LogP) is 2.58. The lowest BCUT2D eigenvalue weighted by atomic mass is 10.1. The molecule has 0 saturated carbocycles. The van der Waals surface area contributed by atoms with E-state index in [1.807, 2.05) is 25.1 Å². The molecule has 6 heteroatoms. The number of hydrogen-bond acceptors (Lipinski definition) is 3. The van der Waals surface area contributed by atoms with E-state index in [9.17, 15) is 9.59 Å². The lowest BCUT2D eigenvalue weighted by Gasteiger charge is -2.16. The summed E-state index contributed by atoms with van der Waals surface area (Å²) in [6.07, 6.45) is 1.08. The first-order chi connectivity index (χ1) is 10.5. The third-order valence-electron chi connectivity index (χ3n) is 3.80. The van der Waals surface area contributed by atoms with Gasteiger partial charge in [0.05, 0.1) is 5.92 Å². The average molecular weight is 369 g/mol. The Labute approximate surface area is 139 Å². The molecular weight excluding hydrogens is 348 g/mol. The van der Waals surface area contributed by atoms with E-state index in [0.29, 0.717) is 19.7 Å². The normalized spacial score (nSPS) is 17.9. The first-order valence-corrected chi connectivity index (χ1v) is 8.14. The van der Waals surface area contributed by atoms with E-state index >= 15 is 0 Å². The Morgan fingerprint density at radius 1 is 1.50 bits per heavy atom. The first kappa shape index (κ1) is 17.0. The largest absolute Gasteiger partial charge is 0.385 e. The molecule has 0 bridgehead atoms. The van der Waals surface area contributed by atoms with Gasteiger partial charge in [0, 0.05) is 43.4 Å². The first-order valence-electron chi connectivity index (χ1n) is 7.35. The minimum Gasteiger partial charge on any atom is -0.385 e. The molecule has 1 heterocycles. The van der Waals surface area contributed by atoms with Gasteiger partial charge in [-0.15, -0.1) is 0 Å². The summed E-state index contributed by atoms with van der Waals surface area (Å²) in [6.45, 7) is 3.75. The highest BCUT2D eigenvalue weighted by atomic mass is 79.9. The number of carbonyl (C=O) groups is 2. The van der Waals surface area contributed by atoms with Crippen LogP contribution in [0.25, 0.3) is 0 Å². The standard InChI is InChI=1S/C16H21BrN2O3/c1-11-4-5-13(9-14(11)17)18-16(21)12-8-15(20)19(10-12)6-3-7-22-2/h4-5,9,12H,3,6-8,10H2,1-2H3,(H,18,21). The molecular formula is C16H21BrN2O3. The lowest BCUT2D eigenvalue weighted by molar-refractivity contribution is -0.128. The van der Waals surface area contributed by atoms with Gasteiger partial charge < -0.3 is 15.0 Å². The number of nitrogens with zero attached hydrogens (tertiary/aromatic N) is 1. The molecule has 1 atom stereocenters. The van der Waals surface area contributed by atoms with Crippen LogP contribution in [0.2, 0.25) is 0 Å². The summed E-state index contributed by atoms with van der Waals surface area (Å²) in [5.74, 6) is -0.338. The number of rotatable bonds is 6. The van der Waals surface area contributed by atoms with Crippen molar-refractivity contribution in [1.82, 2.24) is 4.90 Å². The van der Waals surface area contributed by atoms with E-state index in [2.05, 4.69) is 21.2 Å². The average Bonchev–Trinajstić information content (AvgIpc) is 2.85. The maximum absolute atomic E-state index is 12.3. The molecule has 1 aromatic rings. The third kappa shape index (κ3) is 4.30. The van der Waals surface area contributed by atoms with E-state index in [1.165, 1.54) is 0 Å². The molecule has 0 radical (unpaired) electrons. The van der Waals surface area contributed by atoms with Crippen LogP contribution in [0.15, 0.2) is 22.7 Å². The van der Waals surface area contributed by atoms with Crippen molar-refractivity contribution < 1.29 is 14.3 Å². The zero-order valence-electron chi connectivity index (χ0n) is 12.9. The zero-order chi connectivity index (χ0) is 16.1. The molecule has 1 saturated heterocycles. The van der Waals surface area contributed by atoms with E-state index < -0.39 is 0 Å². The second kappa shape index (κ2) is 7.74. The Kier molecular flexibility index (Phi) is 5.97. The van der Waals surface area contributed by atoms with Gasteiger partial charge in [-0.3, -0.25) is 9.59 Å². The molecule has 120 valence electrons. The second-order valence-corrected chi connectivity index (χ2v) is 6.39. The monoisotopic (exact) mass is 368 g/mol. The maximum atomic E-state index is 12.3. The van der Waals surface area contributed by atoms with Crippen molar-refractivity contribution in [1.29, 1.82) is 0 Å². The van der Waals surface area contributed by atoms with E-state index in [4.69, 9.17) is 4.74 Å². The highest BCUT2D eigenvalue weighted by Gasteiger charge is 2.33. The molecule has 1 aliphatic rings. The summed E-state index contributed by atoms with van der Waals surface area (Å²) in [6, 6.07) is 5.68. The Balaban J connectivity index is 1.90. The Morgan fingerprint density at radius 2 is 2.27 bits per heavy atom. The maximum Gasteiger partial charge on any atom is 0.229 e. The molecule has 2 rings (SSSR count). The van der Waals surface area contributed by atoms with Crippen LogP contribution in [0.3, 0.4) is 0 Å². The molecule has 1 fully saturated rings. The molecule has 1 N–H and O–H groups in total. The van der Waals surface area contributed by atoms with Crippen LogP contribution in [0.4, 0.5) is 5.69 Å². The topological polar surface area (TPSA) is 58.6 Å². The van der Waals surface area contributed by atoms with Crippen molar-refractivity contribution in [2.45, 2.75) is 19.8 Å². The second-order valence-electron chi connectivity index (χ2n) is 5.54. The predicted molar refractivity (Wildman–Crippen MR) is 88.7 cm³/mol. The van der Waals surface area contributed by atoms with Crippen LogP contribution >= 0.6 is 15.9 Å². The smallest absolute Gasteiger partial charge is 0.229 e. The van der Waals surface area contributed by atoms with Gasteiger partial charge in [-0.05, 0) is 31.0 Å². The number of benzene rings is 1. The minimum atomic E-state index is -0.282. The summed E-state index contributed by atoms with van der Waals surface area (Å²) in [5.41, 5.74) is 1.85. The van der Waals surface area contributed by atoms with Gasteiger partial charge in [0.2, 0.25) is 11.8 Å². The van der Waals surface area contributed by atoms with Crippen LogP contribution in [-0.2, 0) is 14.3 Å². The summed E-state index contributed by atoms with van der Waals surface area (Å²) >= 11 is 3.45. The molecule has 1 aromatic carbocycles. The number of nitrogens with one attached hydrogen (secondary N) is 1. The van der Waals surface area contributed by atoms with Gasteiger partial charge in [-0.1, -0.05) is 22.0 Å². The van der Waals surface area contributed by atoms with Gasteiger partial charge in [0.1, 0.15) is 0 Å². The molecule has 0 aromatic heterocycles. The number of carbonyl (C=O) groups excluding carboxylic acids is 2. The summed E-state index contributed by atoms with van der Waals surface area (Å²) in [5, 5.41) is 2.89. The van der Waals surface area contributed by atoms with Crippen LogP contribution in [0.1, 0.15) is 18.4 Å². The van der Waals surface area contributed by atoms with Crippen molar-refractivity contribution in [3.8, 4) is 0 Å². The van der Waals surface area contributed by atoms with Crippen molar-refractivity contribution >= 4 is 33.4 Å². The highest BCUT2D eigenvalue weighted by Crippen LogP contribution is 2.23. The number of amides is 2. The number of hydrogen-bond donors (Lipinski definition) is 1. The van der Waals surface area contributed by atoms with E-state index in [-0.39, 0.29) is 24.2 Å². The lowest BCUT2D eigenvalue weighted by Crippen LogP contribution is -2.29. The van der Waals surface area contributed by atoms with Gasteiger partial charge >= 0.3 is 0 Å². The number of methoxy groups -OCH3 is 1. The number of aryl methyl sites for hydroxylation is 1. The Hall–Kier alpha value is -1.40. The fraction of sp³-hybridized carbons (Fsp3) is 0.500. The molecule has 1 unspecified atom stereocenters. The summed E-state index contributed by atoms with van der Waals surface area (Å²) in [7, 11) is 1.64. The molecule has 2 amide bonds. The van der Waals surface area contributed by atoms with Crippen LogP contribution in [-0.4, -0.2) is 43.5 Å². The van der Waals surface area contributed by atoms with Crippen molar-refractivity contribution in [2.24, 2.45) is 5.92 Å². The quantitative estimate of drug-likeness (QED) is 0.785. The molecule has 1 aliphatic heterocycles. The van der Waals surface area contributed by atoms with Gasteiger partial charge in [-0.2, -0.15) is 0 Å². The van der Waals surface area contributed by atoms with Gasteiger partial charge in [0.15, 0.2) is 0 Å². The van der Waals surface area contributed by atoms with Gasteiger partial charge in [-0.25, -0.2) is 0 Å². The van der Waals surface area contributed by atoms with E-state index in [1.54, 1.807) is 12.0 Å². The van der Waals surface area contributed by atoms with Crippen molar-refractivity contribution in [3.05, 3.63) is 28.2 Å². The molecule has 0 spiro atoms. The van der Waals surface area contributed by atoms with E-state index in [0.717, 1.165) is 22.1 Å². The number of halogens is 1. The molecule has 5 nitrogen and oxygen atoms in total. The van der Waals surface area contributed by atoms with Crippen LogP contribution in [0, 0.1) is 12.8 Å². The minimum absolute atomic E-state index is 0.0429. The summed E-state index contributed by atoms with van der Waals surface area (Å²) < 4.78 is 5.94. The number of anilines is 1. The molecule has 0 aliphatic carbocycles. The van der Waals surface area contributed by atoms with Crippen molar-refractivity contribution in [2.75, 3.05) is 32.1 Å². The molecule has 22 heavy (non-hydrogen) atoms. The SMILES string of the molecule is COCCCN1CC(C(=O)Nc2ccc(C)c(Br)c2)CC1=O. The number of likely N-dealkylation sites (tertiary alicyclic amines) is 1. The highest BCUT2D eigenvalue weighted by molar-refractivity contribution is 9.10.